The molecule has 60 valence electrons. The summed E-state index contributed by atoms with van der Waals surface area (Å²) in [6.07, 6.45) is 1.85. The molecule has 0 aliphatic carbocycles. The minimum absolute atomic E-state index is 0.712. The van der Waals surface area contributed by atoms with Gasteiger partial charge in [-0.1, -0.05) is 12.1 Å². The van der Waals surface area contributed by atoms with Gasteiger partial charge < -0.3 is 0 Å². The summed E-state index contributed by atoms with van der Waals surface area (Å²) >= 11 is 1.68. The van der Waals surface area contributed by atoms with Crippen LogP contribution >= 0.6 is 11.8 Å². The van der Waals surface area contributed by atoms with E-state index in [2.05, 4.69) is 12.6 Å². The van der Waals surface area contributed by atoms with Crippen LogP contribution in [0.15, 0.2) is 41.8 Å². The Morgan fingerprint density at radius 3 is 3.08 bits per heavy atom. The molecule has 0 unspecified atom stereocenters. The van der Waals surface area contributed by atoms with Crippen molar-refractivity contribution in [3.8, 4) is 6.07 Å². The third-order valence-electron chi connectivity index (χ3n) is 1.33. The number of hydrogen-bond donors (Lipinski definition) is 0. The molecule has 0 saturated carbocycles. The van der Waals surface area contributed by atoms with Gasteiger partial charge in [0.1, 0.15) is 0 Å². The molecule has 0 N–H and O–H groups in total. The molecular weight excluding hydrogens is 166 g/mol. The molecule has 12 heavy (non-hydrogen) atoms. The van der Waals surface area contributed by atoms with E-state index in [1.807, 2.05) is 24.3 Å². The second-order valence-corrected chi connectivity index (χ2v) is 3.33. The first-order valence-corrected chi connectivity index (χ1v) is 4.59. The van der Waals surface area contributed by atoms with E-state index in [0.717, 1.165) is 10.6 Å². The third kappa shape index (κ3) is 2.44. The maximum Gasteiger partial charge on any atom is 0.0992 e. The lowest BCUT2D eigenvalue weighted by molar-refractivity contribution is 1.40. The molecule has 0 saturated heterocycles. The van der Waals surface area contributed by atoms with Crippen LogP contribution in [-0.2, 0) is 0 Å². The average molecular weight is 175 g/mol. The van der Waals surface area contributed by atoms with Crippen LogP contribution in [0.3, 0.4) is 0 Å². The molecule has 0 amide bonds. The van der Waals surface area contributed by atoms with Gasteiger partial charge in [-0.05, 0) is 18.2 Å². The number of hydrogen-bond acceptors (Lipinski definition) is 2. The highest BCUT2D eigenvalue weighted by Crippen LogP contribution is 2.18. The molecule has 0 atom stereocenters. The molecule has 0 radical (unpaired) electrons. The summed E-state index contributed by atoms with van der Waals surface area (Å²) in [5.41, 5.74) is 0.712. The number of nitrogens with zero attached hydrogens (tertiary/aromatic N) is 1. The van der Waals surface area contributed by atoms with E-state index in [0.29, 0.717) is 5.56 Å². The van der Waals surface area contributed by atoms with E-state index in [9.17, 15) is 0 Å². The number of benzene rings is 1. The first-order chi connectivity index (χ1) is 5.86. The standard InChI is InChI=1S/C10H9NS/c1-2-6-12-10-5-3-4-9(7-10)8-11/h2-5,7H,1,6H2. The predicted molar refractivity (Wildman–Crippen MR) is 52.1 cm³/mol. The van der Waals surface area contributed by atoms with E-state index < -0.39 is 0 Å². The second-order valence-electron chi connectivity index (χ2n) is 2.24. The molecule has 0 aromatic heterocycles. The van der Waals surface area contributed by atoms with Crippen LogP contribution in [0.1, 0.15) is 5.56 Å². The van der Waals surface area contributed by atoms with Crippen LogP contribution in [0.4, 0.5) is 0 Å². The zero-order valence-electron chi connectivity index (χ0n) is 6.66. The van der Waals surface area contributed by atoms with Crippen LogP contribution in [0, 0.1) is 11.3 Å². The molecule has 0 heterocycles. The summed E-state index contributed by atoms with van der Waals surface area (Å²) in [6.45, 7) is 3.63. The zero-order chi connectivity index (χ0) is 8.81. The second kappa shape index (κ2) is 4.63. The Morgan fingerprint density at radius 1 is 1.58 bits per heavy atom. The zero-order valence-corrected chi connectivity index (χ0v) is 7.47. The van der Waals surface area contributed by atoms with Gasteiger partial charge in [-0.25, -0.2) is 0 Å². The van der Waals surface area contributed by atoms with Crippen molar-refractivity contribution in [3.05, 3.63) is 42.5 Å². The first kappa shape index (κ1) is 8.89. The quantitative estimate of drug-likeness (QED) is 0.521. The molecule has 0 spiro atoms. The van der Waals surface area contributed by atoms with Crippen molar-refractivity contribution < 1.29 is 0 Å². The van der Waals surface area contributed by atoms with Crippen LogP contribution in [0.25, 0.3) is 0 Å². The van der Waals surface area contributed by atoms with E-state index in [4.69, 9.17) is 5.26 Å². The van der Waals surface area contributed by atoms with Gasteiger partial charge in [0, 0.05) is 10.6 Å². The fraction of sp³-hybridized carbons (Fsp3) is 0.100. The summed E-state index contributed by atoms with van der Waals surface area (Å²) in [5.74, 6) is 0.884. The van der Waals surface area contributed by atoms with Crippen molar-refractivity contribution in [1.82, 2.24) is 0 Å². The molecular formula is C10H9NS. The molecule has 1 rings (SSSR count). The molecule has 0 fully saturated rings. The van der Waals surface area contributed by atoms with Crippen LogP contribution in [0.2, 0.25) is 0 Å². The van der Waals surface area contributed by atoms with E-state index in [1.165, 1.54) is 0 Å². The third-order valence-corrected chi connectivity index (χ3v) is 2.32. The summed E-state index contributed by atoms with van der Waals surface area (Å²) < 4.78 is 0. The van der Waals surface area contributed by atoms with Crippen molar-refractivity contribution >= 4 is 11.8 Å². The van der Waals surface area contributed by atoms with E-state index >= 15 is 0 Å². The molecule has 1 nitrogen and oxygen atoms in total. The van der Waals surface area contributed by atoms with Gasteiger partial charge in [0.2, 0.25) is 0 Å². The fourth-order valence-corrected chi connectivity index (χ4v) is 1.51. The molecule has 1 aromatic rings. The maximum atomic E-state index is 8.61. The van der Waals surface area contributed by atoms with Gasteiger partial charge in [-0.15, -0.1) is 18.3 Å². The highest BCUT2D eigenvalue weighted by molar-refractivity contribution is 7.99. The highest BCUT2D eigenvalue weighted by Gasteiger charge is 1.93. The predicted octanol–water partition coefficient (Wildman–Crippen LogP) is 2.84. The van der Waals surface area contributed by atoms with Crippen molar-refractivity contribution in [2.75, 3.05) is 5.75 Å². The van der Waals surface area contributed by atoms with E-state index in [1.54, 1.807) is 17.8 Å². The van der Waals surface area contributed by atoms with Crippen LogP contribution < -0.4 is 0 Å². The Balaban J connectivity index is 2.74. The average Bonchev–Trinajstić information content (AvgIpc) is 2.15. The number of thioether (sulfide) groups is 1. The Labute approximate surface area is 76.7 Å². The minimum Gasteiger partial charge on any atom is -0.192 e. The molecule has 0 bridgehead atoms. The Kier molecular flexibility index (Phi) is 3.43. The highest BCUT2D eigenvalue weighted by atomic mass is 32.2. The lowest BCUT2D eigenvalue weighted by Crippen LogP contribution is -1.76. The smallest absolute Gasteiger partial charge is 0.0992 e. The molecule has 0 aliphatic heterocycles. The first-order valence-electron chi connectivity index (χ1n) is 3.60. The van der Waals surface area contributed by atoms with Crippen molar-refractivity contribution in [2.24, 2.45) is 0 Å². The lowest BCUT2D eigenvalue weighted by atomic mass is 10.2. The fourth-order valence-electron chi connectivity index (χ4n) is 0.811. The summed E-state index contributed by atoms with van der Waals surface area (Å²) in [6, 6.07) is 9.68. The summed E-state index contributed by atoms with van der Waals surface area (Å²) in [5, 5.41) is 8.61. The normalized spacial score (nSPS) is 8.92. The molecule has 1 aromatic carbocycles. The topological polar surface area (TPSA) is 23.8 Å². The van der Waals surface area contributed by atoms with Gasteiger partial charge >= 0.3 is 0 Å². The SMILES string of the molecule is C=CCSc1cccc(C#N)c1. The Bertz CT molecular complexity index is 312. The van der Waals surface area contributed by atoms with Crippen LogP contribution in [0.5, 0.6) is 0 Å². The van der Waals surface area contributed by atoms with Crippen molar-refractivity contribution in [2.45, 2.75) is 4.90 Å². The molecule has 0 aliphatic rings. The summed E-state index contributed by atoms with van der Waals surface area (Å²) in [7, 11) is 0. The van der Waals surface area contributed by atoms with E-state index in [-0.39, 0.29) is 0 Å². The molecule has 2 heteroatoms. The van der Waals surface area contributed by atoms with Gasteiger partial charge in [0.25, 0.3) is 0 Å². The van der Waals surface area contributed by atoms with Gasteiger partial charge in [-0.3, -0.25) is 0 Å². The van der Waals surface area contributed by atoms with Crippen molar-refractivity contribution in [3.63, 3.8) is 0 Å². The summed E-state index contributed by atoms with van der Waals surface area (Å²) in [4.78, 5) is 1.12. The minimum atomic E-state index is 0.712. The van der Waals surface area contributed by atoms with Gasteiger partial charge in [-0.2, -0.15) is 5.26 Å². The van der Waals surface area contributed by atoms with Crippen LogP contribution in [-0.4, -0.2) is 5.75 Å². The largest absolute Gasteiger partial charge is 0.192 e. The lowest BCUT2D eigenvalue weighted by Gasteiger charge is -1.97. The van der Waals surface area contributed by atoms with Gasteiger partial charge in [0.15, 0.2) is 0 Å². The monoisotopic (exact) mass is 175 g/mol. The maximum absolute atomic E-state index is 8.61. The van der Waals surface area contributed by atoms with Crippen molar-refractivity contribution in [1.29, 1.82) is 5.26 Å². The van der Waals surface area contributed by atoms with Gasteiger partial charge in [0.05, 0.1) is 11.6 Å². The Morgan fingerprint density at radius 2 is 2.42 bits per heavy atom. The Hall–Kier alpha value is -1.20. The number of nitriles is 1. The number of rotatable bonds is 3.